The molecule has 0 atom stereocenters. The molecule has 126 valence electrons. The lowest BCUT2D eigenvalue weighted by molar-refractivity contribution is -0.118. The molecule has 0 spiro atoms. The maximum Gasteiger partial charge on any atom is 0.262 e. The first-order valence-electron chi connectivity index (χ1n) is 7.56. The van der Waals surface area contributed by atoms with Crippen LogP contribution in [0.25, 0.3) is 0 Å². The fraction of sp³-hybridized carbons (Fsp3) is 0.222. The van der Waals surface area contributed by atoms with E-state index in [1.54, 1.807) is 49.4 Å². The first-order chi connectivity index (χ1) is 11.5. The highest BCUT2D eigenvalue weighted by atomic mass is 35.5. The first-order valence-corrected chi connectivity index (χ1v) is 7.94. The second kappa shape index (κ2) is 8.36. The highest BCUT2D eigenvalue weighted by Gasteiger charge is 2.07. The summed E-state index contributed by atoms with van der Waals surface area (Å²) in [6.07, 6.45) is 0.394. The molecule has 6 heteroatoms. The molecule has 0 bridgehead atoms. The number of halogens is 1. The number of carbonyl (C=O) groups excluding carboxylic acids is 2. The van der Waals surface area contributed by atoms with Crippen molar-refractivity contribution in [1.29, 1.82) is 0 Å². The Morgan fingerprint density at radius 1 is 1.04 bits per heavy atom. The number of aryl methyl sites for hydroxylation is 1. The van der Waals surface area contributed by atoms with Gasteiger partial charge in [0.1, 0.15) is 5.75 Å². The summed E-state index contributed by atoms with van der Waals surface area (Å²) in [5.41, 5.74) is 2.08. The van der Waals surface area contributed by atoms with Gasteiger partial charge >= 0.3 is 0 Å². The van der Waals surface area contributed by atoms with E-state index >= 15 is 0 Å². The predicted octanol–water partition coefficient (Wildman–Crippen LogP) is 4.01. The van der Waals surface area contributed by atoms with Gasteiger partial charge in [-0.15, -0.1) is 0 Å². The normalized spacial score (nSPS) is 10.1. The van der Waals surface area contributed by atoms with Crippen molar-refractivity contribution >= 4 is 34.8 Å². The average molecular weight is 347 g/mol. The molecule has 0 heterocycles. The van der Waals surface area contributed by atoms with E-state index in [0.29, 0.717) is 28.6 Å². The van der Waals surface area contributed by atoms with Crippen molar-refractivity contribution in [3.05, 3.63) is 53.1 Å². The van der Waals surface area contributed by atoms with Crippen molar-refractivity contribution in [2.45, 2.75) is 20.3 Å². The number of benzene rings is 2. The summed E-state index contributed by atoms with van der Waals surface area (Å²) >= 11 is 5.88. The Balaban J connectivity index is 1.92. The molecule has 0 aliphatic heterocycles. The van der Waals surface area contributed by atoms with Crippen molar-refractivity contribution in [1.82, 2.24) is 0 Å². The predicted molar refractivity (Wildman–Crippen MR) is 95.7 cm³/mol. The number of carbonyl (C=O) groups is 2. The molecule has 0 aromatic heterocycles. The third-order valence-electron chi connectivity index (χ3n) is 3.25. The van der Waals surface area contributed by atoms with Crippen LogP contribution >= 0.6 is 11.6 Å². The van der Waals surface area contributed by atoms with Crippen LogP contribution in [0.15, 0.2) is 42.5 Å². The van der Waals surface area contributed by atoms with Crippen LogP contribution in [0.2, 0.25) is 5.02 Å². The van der Waals surface area contributed by atoms with Crippen LogP contribution in [-0.2, 0) is 9.59 Å². The molecule has 2 N–H and O–H groups in total. The van der Waals surface area contributed by atoms with Gasteiger partial charge in [-0.1, -0.05) is 24.6 Å². The van der Waals surface area contributed by atoms with E-state index in [2.05, 4.69) is 10.6 Å². The second-order valence-electron chi connectivity index (χ2n) is 5.23. The van der Waals surface area contributed by atoms with E-state index in [9.17, 15) is 9.59 Å². The summed E-state index contributed by atoms with van der Waals surface area (Å²) in [7, 11) is 0. The van der Waals surface area contributed by atoms with Crippen LogP contribution in [-0.4, -0.2) is 18.4 Å². The number of anilines is 2. The Kier molecular flexibility index (Phi) is 6.21. The number of rotatable bonds is 6. The molecule has 0 saturated carbocycles. The largest absolute Gasteiger partial charge is 0.483 e. The number of ether oxygens (including phenoxy) is 1. The number of nitrogens with one attached hydrogen (secondary N) is 2. The highest BCUT2D eigenvalue weighted by Crippen LogP contribution is 2.22. The van der Waals surface area contributed by atoms with Crippen molar-refractivity contribution in [2.75, 3.05) is 17.2 Å². The quantitative estimate of drug-likeness (QED) is 0.830. The summed E-state index contributed by atoms with van der Waals surface area (Å²) in [6, 6.07) is 12.2. The Morgan fingerprint density at radius 3 is 2.33 bits per heavy atom. The summed E-state index contributed by atoms with van der Waals surface area (Å²) in [5, 5.41) is 6.10. The minimum Gasteiger partial charge on any atom is -0.483 e. The molecule has 0 radical (unpaired) electrons. The summed E-state index contributed by atoms with van der Waals surface area (Å²) < 4.78 is 5.50. The van der Waals surface area contributed by atoms with Crippen LogP contribution in [0.4, 0.5) is 11.4 Å². The van der Waals surface area contributed by atoms with Gasteiger partial charge in [-0.2, -0.15) is 0 Å². The number of hydrogen-bond acceptors (Lipinski definition) is 3. The monoisotopic (exact) mass is 346 g/mol. The van der Waals surface area contributed by atoms with Crippen molar-refractivity contribution in [3.63, 3.8) is 0 Å². The third kappa shape index (κ3) is 5.28. The molecular formula is C18H19ClN2O3. The fourth-order valence-electron chi connectivity index (χ4n) is 2.04. The fourth-order valence-corrected chi connectivity index (χ4v) is 2.27. The van der Waals surface area contributed by atoms with Gasteiger partial charge in [-0.05, 0) is 48.9 Å². The molecule has 2 aromatic rings. The summed E-state index contributed by atoms with van der Waals surface area (Å²) in [4.78, 5) is 23.4. The van der Waals surface area contributed by atoms with E-state index in [4.69, 9.17) is 16.3 Å². The second-order valence-corrected chi connectivity index (χ2v) is 5.67. The van der Waals surface area contributed by atoms with E-state index in [1.165, 1.54) is 0 Å². The van der Waals surface area contributed by atoms with Gasteiger partial charge in [0.2, 0.25) is 5.91 Å². The summed E-state index contributed by atoms with van der Waals surface area (Å²) in [5.74, 6) is 0.238. The molecule has 0 fully saturated rings. The lowest BCUT2D eigenvalue weighted by Crippen LogP contribution is -2.20. The molecule has 0 aliphatic carbocycles. The lowest BCUT2D eigenvalue weighted by Gasteiger charge is -2.11. The van der Waals surface area contributed by atoms with Gasteiger partial charge in [0.05, 0.1) is 0 Å². The Labute approximate surface area is 146 Å². The van der Waals surface area contributed by atoms with Crippen molar-refractivity contribution in [3.8, 4) is 5.75 Å². The first kappa shape index (κ1) is 17.8. The summed E-state index contributed by atoms with van der Waals surface area (Å²) in [6.45, 7) is 3.52. The van der Waals surface area contributed by atoms with Gasteiger partial charge in [0.15, 0.2) is 6.61 Å². The zero-order chi connectivity index (χ0) is 17.5. The third-order valence-corrected chi connectivity index (χ3v) is 3.48. The molecule has 0 unspecified atom stereocenters. The standard InChI is InChI=1S/C18H19ClN2O3/c1-3-17(22)20-14-5-4-6-15(10-14)21-18(23)11-24-16-8-7-13(19)9-12(16)2/h4-10H,3,11H2,1-2H3,(H,20,22)(H,21,23). The van der Waals surface area contributed by atoms with Crippen molar-refractivity contribution < 1.29 is 14.3 Å². The molecule has 0 aliphatic rings. The topological polar surface area (TPSA) is 67.4 Å². The highest BCUT2D eigenvalue weighted by molar-refractivity contribution is 6.30. The smallest absolute Gasteiger partial charge is 0.262 e. The van der Waals surface area contributed by atoms with Crippen LogP contribution in [0.1, 0.15) is 18.9 Å². The average Bonchev–Trinajstić information content (AvgIpc) is 2.54. The lowest BCUT2D eigenvalue weighted by atomic mass is 10.2. The number of hydrogen-bond donors (Lipinski definition) is 2. The van der Waals surface area contributed by atoms with Crippen LogP contribution in [0.5, 0.6) is 5.75 Å². The maximum atomic E-state index is 12.0. The molecule has 2 aromatic carbocycles. The molecule has 0 saturated heterocycles. The van der Waals surface area contributed by atoms with E-state index in [1.807, 2.05) is 6.92 Å². The van der Waals surface area contributed by atoms with Gasteiger partial charge in [0, 0.05) is 22.8 Å². The molecule has 2 rings (SSSR count). The Bertz CT molecular complexity index is 747. The van der Waals surface area contributed by atoms with Crippen molar-refractivity contribution in [2.24, 2.45) is 0 Å². The van der Waals surface area contributed by atoms with Gasteiger partial charge in [-0.25, -0.2) is 0 Å². The zero-order valence-corrected chi connectivity index (χ0v) is 14.3. The van der Waals surface area contributed by atoms with E-state index in [-0.39, 0.29) is 18.4 Å². The Morgan fingerprint density at radius 2 is 1.71 bits per heavy atom. The van der Waals surface area contributed by atoms with Gasteiger partial charge in [-0.3, -0.25) is 9.59 Å². The molecular weight excluding hydrogens is 328 g/mol. The molecule has 5 nitrogen and oxygen atoms in total. The Hall–Kier alpha value is -2.53. The maximum absolute atomic E-state index is 12.0. The van der Waals surface area contributed by atoms with Gasteiger partial charge in [0.25, 0.3) is 5.91 Å². The minimum atomic E-state index is -0.289. The number of amides is 2. The van der Waals surface area contributed by atoms with E-state index < -0.39 is 0 Å². The van der Waals surface area contributed by atoms with Crippen LogP contribution < -0.4 is 15.4 Å². The minimum absolute atomic E-state index is 0.0833. The van der Waals surface area contributed by atoms with E-state index in [0.717, 1.165) is 5.56 Å². The molecule has 24 heavy (non-hydrogen) atoms. The van der Waals surface area contributed by atoms with Crippen LogP contribution in [0, 0.1) is 6.92 Å². The SMILES string of the molecule is CCC(=O)Nc1cccc(NC(=O)COc2ccc(Cl)cc2C)c1. The van der Waals surface area contributed by atoms with Crippen LogP contribution in [0.3, 0.4) is 0 Å². The zero-order valence-electron chi connectivity index (χ0n) is 13.6. The van der Waals surface area contributed by atoms with Gasteiger partial charge < -0.3 is 15.4 Å². The molecule has 2 amide bonds.